The van der Waals surface area contributed by atoms with Gasteiger partial charge in [-0.1, -0.05) is 23.7 Å². The fraction of sp³-hybridized carbons (Fsp3) is 0.0667. The molecule has 1 heterocycles. The number of hydrogen-bond donors (Lipinski definition) is 0. The third-order valence-electron chi connectivity index (χ3n) is 3.30. The number of rotatable bonds is 2. The van der Waals surface area contributed by atoms with Crippen molar-refractivity contribution in [2.24, 2.45) is 5.10 Å². The molecule has 1 aliphatic rings. The zero-order valence-corrected chi connectivity index (χ0v) is 13.1. The zero-order chi connectivity index (χ0) is 16.6. The Kier molecular flexibility index (Phi) is 3.80. The van der Waals surface area contributed by atoms with Gasteiger partial charge < -0.3 is 0 Å². The van der Waals surface area contributed by atoms with Gasteiger partial charge in [-0.25, -0.2) is 4.39 Å². The van der Waals surface area contributed by atoms with E-state index in [0.717, 1.165) is 0 Å². The van der Waals surface area contributed by atoms with Crippen molar-refractivity contribution in [3.63, 3.8) is 0 Å². The summed E-state index contributed by atoms with van der Waals surface area (Å²) in [5, 5.41) is 13.1. The average Bonchev–Trinajstić information content (AvgIpc) is 2.51. The maximum absolute atomic E-state index is 14.1. The minimum absolute atomic E-state index is 0.0644. The van der Waals surface area contributed by atoms with E-state index in [2.05, 4.69) is 5.10 Å². The molecular weight excluding hydrogens is 341 g/mol. The van der Waals surface area contributed by atoms with Gasteiger partial charge in [0.15, 0.2) is 0 Å². The highest BCUT2D eigenvalue weighted by Crippen LogP contribution is 2.31. The van der Waals surface area contributed by atoms with Crippen LogP contribution in [0.15, 0.2) is 52.5 Å². The van der Waals surface area contributed by atoms with Crippen LogP contribution in [0.2, 0.25) is 5.02 Å². The molecule has 3 rings (SSSR count). The number of nitrogens with zero attached hydrogens (tertiary/aromatic N) is 3. The van der Waals surface area contributed by atoms with Gasteiger partial charge in [-0.05, 0) is 30.3 Å². The van der Waals surface area contributed by atoms with E-state index >= 15 is 0 Å². The fourth-order valence-electron chi connectivity index (χ4n) is 2.28. The third-order valence-corrected chi connectivity index (χ3v) is 5.21. The lowest BCUT2D eigenvalue weighted by atomic mass is 10.0. The van der Waals surface area contributed by atoms with Gasteiger partial charge in [0.2, 0.25) is 0 Å². The summed E-state index contributed by atoms with van der Waals surface area (Å²) < 4.78 is 39.8. The number of benzene rings is 2. The standard InChI is InChI=1S/C15H9ClFN3O2S/c16-10-5-6-14-12(9-10)15(11-3-1-2-4-13(11)17)19-20(8-7-18)23(14,21)22/h1-6,9H,8H2. The molecule has 23 heavy (non-hydrogen) atoms. The first-order valence-corrected chi connectivity index (χ1v) is 8.30. The van der Waals surface area contributed by atoms with Crippen LogP contribution in [0.3, 0.4) is 0 Å². The molecule has 0 N–H and O–H groups in total. The van der Waals surface area contributed by atoms with E-state index in [0.29, 0.717) is 9.44 Å². The second kappa shape index (κ2) is 5.65. The maximum Gasteiger partial charge on any atom is 0.280 e. The summed E-state index contributed by atoms with van der Waals surface area (Å²) >= 11 is 5.95. The van der Waals surface area contributed by atoms with Gasteiger partial charge in [0.25, 0.3) is 10.0 Å². The Morgan fingerprint density at radius 1 is 1.22 bits per heavy atom. The van der Waals surface area contributed by atoms with Crippen molar-refractivity contribution in [2.75, 3.05) is 6.54 Å². The second-order valence-corrected chi connectivity index (χ2v) is 6.96. The monoisotopic (exact) mass is 349 g/mol. The number of hydrogen-bond acceptors (Lipinski definition) is 4. The summed E-state index contributed by atoms with van der Waals surface area (Å²) in [5.41, 5.74) is 0.455. The zero-order valence-electron chi connectivity index (χ0n) is 11.6. The molecule has 5 nitrogen and oxygen atoms in total. The van der Waals surface area contributed by atoms with E-state index < -0.39 is 22.4 Å². The highest BCUT2D eigenvalue weighted by atomic mass is 35.5. The number of nitriles is 1. The molecule has 0 aromatic heterocycles. The van der Waals surface area contributed by atoms with Gasteiger partial charge in [-0.15, -0.1) is 0 Å². The Hall–Kier alpha value is -2.43. The number of hydrazone groups is 1. The van der Waals surface area contributed by atoms with Gasteiger partial charge in [0.1, 0.15) is 18.1 Å². The molecule has 116 valence electrons. The predicted molar refractivity (Wildman–Crippen MR) is 83.0 cm³/mol. The molecule has 0 saturated heterocycles. The molecule has 2 aromatic carbocycles. The largest absolute Gasteiger partial charge is 0.280 e. The molecule has 2 aromatic rings. The van der Waals surface area contributed by atoms with Crippen molar-refractivity contribution in [1.29, 1.82) is 5.26 Å². The summed E-state index contributed by atoms with van der Waals surface area (Å²) in [6.45, 7) is -0.470. The lowest BCUT2D eigenvalue weighted by molar-refractivity contribution is 0.461. The van der Waals surface area contributed by atoms with Crippen LogP contribution in [0, 0.1) is 17.1 Å². The minimum Gasteiger partial charge on any atom is -0.206 e. The summed E-state index contributed by atoms with van der Waals surface area (Å²) in [5.74, 6) is -0.548. The third kappa shape index (κ3) is 2.56. The number of fused-ring (bicyclic) bond motifs is 1. The molecule has 0 aliphatic carbocycles. The average molecular weight is 350 g/mol. The highest BCUT2D eigenvalue weighted by molar-refractivity contribution is 7.89. The highest BCUT2D eigenvalue weighted by Gasteiger charge is 2.34. The molecule has 1 aliphatic heterocycles. The van der Waals surface area contributed by atoms with Crippen molar-refractivity contribution in [1.82, 2.24) is 4.41 Å². The summed E-state index contributed by atoms with van der Waals surface area (Å²) in [6, 6.07) is 11.8. The SMILES string of the molecule is N#CCN1N=C(c2ccccc2F)c2cc(Cl)ccc2S1(=O)=O. The van der Waals surface area contributed by atoms with Gasteiger partial charge in [0.05, 0.1) is 11.0 Å². The second-order valence-electron chi connectivity index (χ2n) is 4.71. The van der Waals surface area contributed by atoms with E-state index in [1.807, 2.05) is 0 Å². The quantitative estimate of drug-likeness (QED) is 0.782. The normalized spacial score (nSPS) is 15.5. The Labute approximate surface area is 137 Å². The Balaban J connectivity index is 2.33. The predicted octanol–water partition coefficient (Wildman–Crippen LogP) is 2.76. The fourth-order valence-corrected chi connectivity index (χ4v) is 3.77. The van der Waals surface area contributed by atoms with E-state index in [4.69, 9.17) is 16.9 Å². The molecule has 0 radical (unpaired) electrons. The van der Waals surface area contributed by atoms with Crippen LogP contribution in [0.4, 0.5) is 4.39 Å². The van der Waals surface area contributed by atoms with Crippen molar-refractivity contribution in [3.05, 3.63) is 64.4 Å². The lowest BCUT2D eigenvalue weighted by Crippen LogP contribution is -2.34. The van der Waals surface area contributed by atoms with Crippen LogP contribution in [0.1, 0.15) is 11.1 Å². The van der Waals surface area contributed by atoms with Crippen LogP contribution in [0.5, 0.6) is 0 Å². The molecule has 0 atom stereocenters. The Morgan fingerprint density at radius 3 is 2.65 bits per heavy atom. The smallest absolute Gasteiger partial charge is 0.206 e. The Morgan fingerprint density at radius 2 is 1.96 bits per heavy atom. The van der Waals surface area contributed by atoms with Crippen molar-refractivity contribution >= 4 is 27.3 Å². The van der Waals surface area contributed by atoms with E-state index in [1.165, 1.54) is 36.4 Å². The molecule has 0 amide bonds. The first-order valence-electron chi connectivity index (χ1n) is 6.48. The topological polar surface area (TPSA) is 73.5 Å². The summed E-state index contributed by atoms with van der Waals surface area (Å²) in [7, 11) is -3.97. The van der Waals surface area contributed by atoms with E-state index in [-0.39, 0.29) is 21.7 Å². The van der Waals surface area contributed by atoms with Crippen LogP contribution in [0.25, 0.3) is 0 Å². The molecule has 0 spiro atoms. The van der Waals surface area contributed by atoms with Crippen LogP contribution >= 0.6 is 11.6 Å². The molecule has 0 saturated carbocycles. The molecular formula is C15H9ClFN3O2S. The van der Waals surface area contributed by atoms with E-state index in [1.54, 1.807) is 12.1 Å². The molecule has 0 unspecified atom stereocenters. The number of halogens is 2. The first kappa shape index (κ1) is 15.5. The van der Waals surface area contributed by atoms with Crippen molar-refractivity contribution in [3.8, 4) is 6.07 Å². The van der Waals surface area contributed by atoms with Gasteiger partial charge in [-0.2, -0.15) is 23.2 Å². The first-order chi connectivity index (χ1) is 10.9. The summed E-state index contributed by atoms with van der Waals surface area (Å²) in [4.78, 5) is -0.0644. The van der Waals surface area contributed by atoms with Crippen LogP contribution in [-0.2, 0) is 10.0 Å². The summed E-state index contributed by atoms with van der Waals surface area (Å²) in [6.07, 6.45) is 0. The maximum atomic E-state index is 14.1. The number of sulfonamides is 1. The Bertz CT molecular complexity index is 967. The lowest BCUT2D eigenvalue weighted by Gasteiger charge is -2.25. The molecule has 0 fully saturated rings. The van der Waals surface area contributed by atoms with Crippen molar-refractivity contribution < 1.29 is 12.8 Å². The molecule has 0 bridgehead atoms. The van der Waals surface area contributed by atoms with Crippen LogP contribution < -0.4 is 0 Å². The van der Waals surface area contributed by atoms with Gasteiger partial charge in [0, 0.05) is 16.1 Å². The molecule has 8 heteroatoms. The minimum atomic E-state index is -3.97. The van der Waals surface area contributed by atoms with Crippen molar-refractivity contribution in [2.45, 2.75) is 4.90 Å². The van der Waals surface area contributed by atoms with E-state index in [9.17, 15) is 12.8 Å². The van der Waals surface area contributed by atoms with Gasteiger partial charge in [-0.3, -0.25) is 0 Å². The van der Waals surface area contributed by atoms with Crippen LogP contribution in [-0.4, -0.2) is 25.1 Å². The van der Waals surface area contributed by atoms with Gasteiger partial charge >= 0.3 is 0 Å².